The largest absolute Gasteiger partial charge is 0.476 e. The Hall–Kier alpha value is -0.980. The minimum Gasteiger partial charge on any atom is -0.476 e. The van der Waals surface area contributed by atoms with E-state index >= 15 is 0 Å². The van der Waals surface area contributed by atoms with Crippen LogP contribution in [0.4, 0.5) is 0 Å². The maximum absolute atomic E-state index is 10.8. The number of aromatic carboxylic acids is 1. The molecule has 1 aliphatic heterocycles. The number of rotatable bonds is 3. The summed E-state index contributed by atoms with van der Waals surface area (Å²) < 4.78 is 0. The van der Waals surface area contributed by atoms with Crippen molar-refractivity contribution < 1.29 is 9.90 Å². The van der Waals surface area contributed by atoms with Crippen LogP contribution >= 0.6 is 11.3 Å². The van der Waals surface area contributed by atoms with E-state index in [9.17, 15) is 4.79 Å². The number of piperazine rings is 1. The van der Waals surface area contributed by atoms with Crippen molar-refractivity contribution in [3.63, 3.8) is 0 Å². The highest BCUT2D eigenvalue weighted by atomic mass is 32.1. The highest BCUT2D eigenvalue weighted by Gasteiger charge is 2.26. The molecule has 1 saturated heterocycles. The summed E-state index contributed by atoms with van der Waals surface area (Å²) in [5.41, 5.74) is 1.09. The van der Waals surface area contributed by atoms with Gasteiger partial charge in [0.05, 0.1) is 5.69 Å². The zero-order valence-corrected chi connectivity index (χ0v) is 12.5. The van der Waals surface area contributed by atoms with Crippen LogP contribution in [0.25, 0.3) is 0 Å². The first-order valence-electron chi connectivity index (χ1n) is 6.51. The summed E-state index contributed by atoms with van der Waals surface area (Å²) in [5.74, 6) is -0.936. The monoisotopic (exact) mass is 283 g/mol. The van der Waals surface area contributed by atoms with Gasteiger partial charge < -0.3 is 5.11 Å². The third-order valence-corrected chi connectivity index (χ3v) is 4.32. The fraction of sp³-hybridized carbons (Fsp3) is 0.692. The lowest BCUT2D eigenvalue weighted by Gasteiger charge is -2.42. The average molecular weight is 283 g/mol. The van der Waals surface area contributed by atoms with Crippen molar-refractivity contribution in [3.05, 3.63) is 16.1 Å². The summed E-state index contributed by atoms with van der Waals surface area (Å²) in [4.78, 5) is 19.7. The molecule has 0 atom stereocenters. The van der Waals surface area contributed by atoms with Gasteiger partial charge in [0.25, 0.3) is 0 Å². The first kappa shape index (κ1) is 14.4. The van der Waals surface area contributed by atoms with Crippen molar-refractivity contribution in [2.24, 2.45) is 0 Å². The molecule has 2 rings (SSSR count). The summed E-state index contributed by atoms with van der Waals surface area (Å²) in [6.45, 7) is 11.6. The molecular weight excluding hydrogens is 262 g/mol. The van der Waals surface area contributed by atoms with E-state index in [-0.39, 0.29) is 10.5 Å². The Kier molecular flexibility index (Phi) is 4.23. The van der Waals surface area contributed by atoms with Crippen molar-refractivity contribution in [2.45, 2.75) is 32.9 Å². The van der Waals surface area contributed by atoms with Gasteiger partial charge in [-0.2, -0.15) is 0 Å². The van der Waals surface area contributed by atoms with Gasteiger partial charge in [-0.1, -0.05) is 0 Å². The van der Waals surface area contributed by atoms with Gasteiger partial charge in [0.2, 0.25) is 5.01 Å². The lowest BCUT2D eigenvalue weighted by Crippen LogP contribution is -2.53. The number of carboxylic acid groups (broad SMARTS) is 1. The van der Waals surface area contributed by atoms with Crippen molar-refractivity contribution in [1.29, 1.82) is 0 Å². The first-order chi connectivity index (χ1) is 8.86. The number of nitrogens with zero attached hydrogens (tertiary/aromatic N) is 3. The summed E-state index contributed by atoms with van der Waals surface area (Å²) in [6, 6.07) is 0. The Morgan fingerprint density at radius 2 is 2.00 bits per heavy atom. The second-order valence-corrected chi connectivity index (χ2v) is 6.74. The lowest BCUT2D eigenvalue weighted by molar-refractivity contribution is 0.0584. The number of carbonyl (C=O) groups is 1. The molecule has 0 bridgehead atoms. The highest BCUT2D eigenvalue weighted by Crippen LogP contribution is 2.18. The fourth-order valence-electron chi connectivity index (χ4n) is 2.28. The summed E-state index contributed by atoms with van der Waals surface area (Å²) in [6.07, 6.45) is 0. The number of hydrogen-bond acceptors (Lipinski definition) is 5. The van der Waals surface area contributed by atoms with E-state index in [1.54, 1.807) is 0 Å². The van der Waals surface area contributed by atoms with Crippen LogP contribution in [0.15, 0.2) is 5.38 Å². The SMILES string of the molecule is CC(C)(C)N1CCN(Cc2csc(C(=O)O)n2)CC1. The van der Waals surface area contributed by atoms with Crippen molar-refractivity contribution in [2.75, 3.05) is 26.2 Å². The zero-order valence-electron chi connectivity index (χ0n) is 11.7. The maximum atomic E-state index is 10.8. The maximum Gasteiger partial charge on any atom is 0.365 e. The molecule has 6 heteroatoms. The second-order valence-electron chi connectivity index (χ2n) is 5.88. The van der Waals surface area contributed by atoms with Crippen LogP contribution in [0.3, 0.4) is 0 Å². The molecule has 1 fully saturated rings. The van der Waals surface area contributed by atoms with Gasteiger partial charge in [-0.3, -0.25) is 9.80 Å². The van der Waals surface area contributed by atoms with Crippen LogP contribution in [0.5, 0.6) is 0 Å². The molecule has 0 saturated carbocycles. The topological polar surface area (TPSA) is 56.7 Å². The Bertz CT molecular complexity index is 445. The molecule has 0 unspecified atom stereocenters. The molecule has 1 N–H and O–H groups in total. The molecule has 0 aliphatic carbocycles. The van der Waals surface area contributed by atoms with E-state index in [2.05, 4.69) is 35.6 Å². The molecule has 1 aromatic heterocycles. The van der Waals surface area contributed by atoms with Crippen molar-refractivity contribution >= 4 is 17.3 Å². The van der Waals surface area contributed by atoms with Gasteiger partial charge in [-0.05, 0) is 20.8 Å². The minimum absolute atomic E-state index is 0.184. The summed E-state index contributed by atoms with van der Waals surface area (Å²) >= 11 is 1.20. The summed E-state index contributed by atoms with van der Waals surface area (Å²) in [5, 5.41) is 10.9. The molecule has 0 spiro atoms. The fourth-order valence-corrected chi connectivity index (χ4v) is 2.93. The smallest absolute Gasteiger partial charge is 0.365 e. The van der Waals surface area contributed by atoms with Gasteiger partial charge in [-0.15, -0.1) is 11.3 Å². The molecule has 2 heterocycles. The molecule has 0 radical (unpaired) electrons. The van der Waals surface area contributed by atoms with Crippen molar-refractivity contribution in [1.82, 2.24) is 14.8 Å². The van der Waals surface area contributed by atoms with Crippen LogP contribution in [0, 0.1) is 0 Å². The molecule has 1 aliphatic rings. The van der Waals surface area contributed by atoms with Gasteiger partial charge >= 0.3 is 5.97 Å². The van der Waals surface area contributed by atoms with E-state index in [4.69, 9.17) is 5.11 Å². The standard InChI is InChI=1S/C13H21N3O2S/c1-13(2,3)16-6-4-15(5-7-16)8-10-9-19-11(14-10)12(17)18/h9H,4-8H2,1-3H3,(H,17,18). The van der Waals surface area contributed by atoms with Gasteiger partial charge in [-0.25, -0.2) is 9.78 Å². The van der Waals surface area contributed by atoms with E-state index in [0.29, 0.717) is 0 Å². The van der Waals surface area contributed by atoms with Gasteiger partial charge in [0.15, 0.2) is 0 Å². The molecule has 19 heavy (non-hydrogen) atoms. The van der Waals surface area contributed by atoms with E-state index in [1.165, 1.54) is 11.3 Å². The quantitative estimate of drug-likeness (QED) is 0.916. The summed E-state index contributed by atoms with van der Waals surface area (Å²) in [7, 11) is 0. The number of hydrogen-bond donors (Lipinski definition) is 1. The van der Waals surface area contributed by atoms with Crippen molar-refractivity contribution in [3.8, 4) is 0 Å². The third-order valence-electron chi connectivity index (χ3n) is 3.44. The van der Waals surface area contributed by atoms with Gasteiger partial charge in [0, 0.05) is 43.6 Å². The Balaban J connectivity index is 1.87. The Labute approximate surface area is 117 Å². The molecule has 106 valence electrons. The van der Waals surface area contributed by atoms with Crippen LogP contribution in [0.1, 0.15) is 36.3 Å². The van der Waals surface area contributed by atoms with Crippen LogP contribution in [0.2, 0.25) is 0 Å². The molecular formula is C13H21N3O2S. The zero-order chi connectivity index (χ0) is 14.0. The Morgan fingerprint density at radius 3 is 2.47 bits per heavy atom. The molecule has 5 nitrogen and oxygen atoms in total. The van der Waals surface area contributed by atoms with Gasteiger partial charge in [0.1, 0.15) is 0 Å². The number of aromatic nitrogens is 1. The van der Waals surface area contributed by atoms with Crippen LogP contribution in [-0.2, 0) is 6.54 Å². The second kappa shape index (κ2) is 5.56. The number of carboxylic acids is 1. The third kappa shape index (κ3) is 3.75. The van der Waals surface area contributed by atoms with E-state index in [0.717, 1.165) is 38.4 Å². The number of thiazole rings is 1. The van der Waals surface area contributed by atoms with Crippen LogP contribution in [-0.4, -0.2) is 57.6 Å². The van der Waals surface area contributed by atoms with Crippen LogP contribution < -0.4 is 0 Å². The van der Waals surface area contributed by atoms with E-state index in [1.807, 2.05) is 5.38 Å². The predicted molar refractivity (Wildman–Crippen MR) is 75.7 cm³/mol. The Morgan fingerprint density at radius 1 is 1.37 bits per heavy atom. The first-order valence-corrected chi connectivity index (χ1v) is 7.39. The molecule has 1 aromatic rings. The van der Waals surface area contributed by atoms with E-state index < -0.39 is 5.97 Å². The predicted octanol–water partition coefficient (Wildman–Crippen LogP) is 1.76. The minimum atomic E-state index is -0.936. The molecule has 0 aromatic carbocycles. The molecule has 0 amide bonds. The average Bonchev–Trinajstić information content (AvgIpc) is 2.77. The lowest BCUT2D eigenvalue weighted by atomic mass is 10.1. The highest BCUT2D eigenvalue weighted by molar-refractivity contribution is 7.11. The normalized spacial score (nSPS) is 18.7.